The molecule has 2 nitrogen and oxygen atoms in total. The van der Waals surface area contributed by atoms with Crippen LogP contribution in [-0.4, -0.2) is 11.4 Å². The Kier molecular flexibility index (Phi) is 7.31. The van der Waals surface area contributed by atoms with Crippen LogP contribution in [0.4, 0.5) is 11.4 Å². The lowest BCUT2D eigenvalue weighted by molar-refractivity contribution is 0.590. The highest BCUT2D eigenvalue weighted by molar-refractivity contribution is 7.32. The van der Waals surface area contributed by atoms with Gasteiger partial charge in [0.15, 0.2) is 0 Å². The molecule has 0 unspecified atom stereocenters. The van der Waals surface area contributed by atoms with Crippen LogP contribution in [0.15, 0.2) is 121 Å². The first kappa shape index (κ1) is 37.2. The lowest BCUT2D eigenvalue weighted by Gasteiger charge is -2.41. The van der Waals surface area contributed by atoms with Gasteiger partial charge in [0, 0.05) is 82.9 Å². The van der Waals surface area contributed by atoms with Crippen molar-refractivity contribution in [2.75, 3.05) is 4.81 Å². The van der Waals surface area contributed by atoms with Crippen molar-refractivity contribution in [1.82, 2.24) is 4.57 Å². The summed E-state index contributed by atoms with van der Waals surface area (Å²) >= 11 is 5.86. The highest BCUT2D eigenvalue weighted by Gasteiger charge is 2.46. The van der Waals surface area contributed by atoms with E-state index < -0.39 is 0 Å². The third-order valence-corrected chi connectivity index (χ3v) is 17.5. The monoisotopic (exact) mass is 854 g/mol. The molecule has 2 aliphatic rings. The van der Waals surface area contributed by atoms with Crippen molar-refractivity contribution in [3.8, 4) is 16.8 Å². The number of aromatic nitrogens is 1. The highest BCUT2D eigenvalue weighted by atomic mass is 32.1. The summed E-state index contributed by atoms with van der Waals surface area (Å²) in [5.41, 5.74) is 14.9. The summed E-state index contributed by atoms with van der Waals surface area (Å²) in [6.45, 7) is 20.9. The Balaban J connectivity index is 1.19. The van der Waals surface area contributed by atoms with Gasteiger partial charge in [0.25, 0.3) is 0 Å². The molecule has 0 aliphatic carbocycles. The predicted octanol–water partition coefficient (Wildman–Crippen LogP) is 15.9. The number of hydrogen-bond acceptors (Lipinski definition) is 4. The molecule has 0 saturated heterocycles. The van der Waals surface area contributed by atoms with Gasteiger partial charge in [-0.15, -0.1) is 34.0 Å². The third kappa shape index (κ3) is 5.03. The van der Waals surface area contributed by atoms with Crippen LogP contribution >= 0.6 is 34.0 Å². The molecular formula is C56H47BN2S3. The summed E-state index contributed by atoms with van der Waals surface area (Å²) in [5.74, 6) is 0. The third-order valence-electron chi connectivity index (χ3n) is 14.0. The van der Waals surface area contributed by atoms with Crippen LogP contribution in [0.1, 0.15) is 79.0 Å². The zero-order valence-electron chi connectivity index (χ0n) is 36.7. The Morgan fingerprint density at radius 3 is 1.82 bits per heavy atom. The van der Waals surface area contributed by atoms with Crippen LogP contribution in [0.25, 0.3) is 89.1 Å². The molecule has 13 rings (SSSR count). The first-order valence-electron chi connectivity index (χ1n) is 22.0. The molecule has 2 aliphatic heterocycles. The number of fused-ring (bicyclic) bond motifs is 16. The van der Waals surface area contributed by atoms with E-state index >= 15 is 0 Å². The summed E-state index contributed by atoms with van der Waals surface area (Å²) in [4.78, 5) is 2.72. The van der Waals surface area contributed by atoms with Gasteiger partial charge in [0.1, 0.15) is 0 Å². The van der Waals surface area contributed by atoms with E-state index in [0.29, 0.717) is 0 Å². The van der Waals surface area contributed by atoms with Crippen molar-refractivity contribution in [3.05, 3.63) is 138 Å². The molecule has 0 bridgehead atoms. The van der Waals surface area contributed by atoms with Crippen molar-refractivity contribution in [1.29, 1.82) is 0 Å². The van der Waals surface area contributed by atoms with Crippen LogP contribution in [0, 0.1) is 0 Å². The van der Waals surface area contributed by atoms with Gasteiger partial charge in [0.05, 0.1) is 16.7 Å². The average Bonchev–Trinajstić information content (AvgIpc) is 3.99. The van der Waals surface area contributed by atoms with E-state index in [1.54, 1.807) is 0 Å². The molecule has 0 atom stereocenters. The summed E-state index contributed by atoms with van der Waals surface area (Å²) in [7, 11) is 0. The van der Waals surface area contributed by atoms with Crippen LogP contribution in [-0.2, 0) is 16.2 Å². The Morgan fingerprint density at radius 1 is 0.435 bits per heavy atom. The minimum Gasteiger partial charge on any atom is -0.376 e. The summed E-state index contributed by atoms with van der Waals surface area (Å²) in [6.07, 6.45) is 0. The van der Waals surface area contributed by atoms with E-state index in [0.717, 1.165) is 0 Å². The molecule has 62 heavy (non-hydrogen) atoms. The maximum atomic E-state index is 2.72. The minimum absolute atomic E-state index is 0.0132. The molecule has 0 amide bonds. The molecule has 0 fully saturated rings. The quantitative estimate of drug-likeness (QED) is 0.149. The van der Waals surface area contributed by atoms with Crippen LogP contribution < -0.4 is 15.1 Å². The van der Waals surface area contributed by atoms with Crippen molar-refractivity contribution in [2.45, 2.75) is 78.6 Å². The van der Waals surface area contributed by atoms with Crippen LogP contribution in [0.3, 0.4) is 0 Å². The van der Waals surface area contributed by atoms with Crippen LogP contribution in [0.2, 0.25) is 0 Å². The minimum atomic E-state index is -0.0132. The standard InChI is InChI=1S/C56H47BN2S3/c1-54(2,3)30-14-18-33(19-15-30)59-44-27-41-35-20-16-32(56(7,8)9)25-47(35)61-48(41)28-39(44)36-21-22-37-38-26-40-34-12-10-11-13-45(34)60-49(40)29-43(38)58-51(37)50(36)57(59)53-52(58)42-24-31(55(4,5)6)17-23-46(42)62-53/h10-29H,1-9H3. The molecule has 302 valence electrons. The first-order chi connectivity index (χ1) is 29.6. The first-order valence-corrected chi connectivity index (χ1v) is 24.5. The second-order valence-corrected chi connectivity index (χ2v) is 24.2. The summed E-state index contributed by atoms with van der Waals surface area (Å²) < 4.78 is 10.9. The molecule has 6 heterocycles. The second-order valence-electron chi connectivity index (χ2n) is 21.0. The molecule has 0 saturated carbocycles. The molecule has 0 spiro atoms. The molecule has 0 N–H and O–H groups in total. The van der Waals surface area contributed by atoms with E-state index in [9.17, 15) is 0 Å². The Hall–Kier alpha value is -5.40. The van der Waals surface area contributed by atoms with Crippen LogP contribution in [0.5, 0.6) is 0 Å². The van der Waals surface area contributed by atoms with E-state index in [1.165, 1.54) is 127 Å². The Labute approximate surface area is 375 Å². The Bertz CT molecular complexity index is 3760. The number of nitrogens with zero attached hydrogens (tertiary/aromatic N) is 2. The van der Waals surface area contributed by atoms with E-state index in [1.807, 2.05) is 34.0 Å². The number of hydrogen-bond donors (Lipinski definition) is 0. The molecule has 4 aromatic heterocycles. The lowest BCUT2D eigenvalue weighted by atomic mass is 9.47. The topological polar surface area (TPSA) is 8.17 Å². The van der Waals surface area contributed by atoms with Gasteiger partial charge in [-0.05, 0) is 105 Å². The van der Waals surface area contributed by atoms with Gasteiger partial charge in [-0.3, -0.25) is 0 Å². The van der Waals surface area contributed by atoms with Crippen molar-refractivity contribution in [3.63, 3.8) is 0 Å². The molecular weight excluding hydrogens is 808 g/mol. The lowest BCUT2D eigenvalue weighted by Crippen LogP contribution is -2.59. The van der Waals surface area contributed by atoms with Crippen molar-refractivity contribution >= 4 is 135 Å². The van der Waals surface area contributed by atoms with E-state index in [2.05, 4.69) is 193 Å². The zero-order valence-corrected chi connectivity index (χ0v) is 39.2. The van der Waals surface area contributed by atoms with Gasteiger partial charge >= 0.3 is 6.85 Å². The molecule has 11 aromatic rings. The van der Waals surface area contributed by atoms with E-state index in [4.69, 9.17) is 0 Å². The molecule has 0 radical (unpaired) electrons. The predicted molar refractivity (Wildman–Crippen MR) is 277 cm³/mol. The average molecular weight is 855 g/mol. The van der Waals surface area contributed by atoms with Gasteiger partial charge in [-0.25, -0.2) is 0 Å². The number of thiophene rings is 3. The molecule has 6 heteroatoms. The second kappa shape index (κ2) is 12.2. The SMILES string of the molecule is CC(C)(C)c1ccc(N2B3c4sc5ccc(C(C)(C)C)cc5c4-n4c5cc6sc7ccccc7c6cc5c5ccc(c3c54)-c3cc4sc5cc(C(C)(C)C)ccc5c4cc32)cc1. The fraction of sp³-hybridized carbons (Fsp3) is 0.214. The fourth-order valence-electron chi connectivity index (χ4n) is 10.7. The maximum absolute atomic E-state index is 2.72. The van der Waals surface area contributed by atoms with Gasteiger partial charge in [-0.2, -0.15) is 0 Å². The van der Waals surface area contributed by atoms with Crippen molar-refractivity contribution in [2.24, 2.45) is 0 Å². The van der Waals surface area contributed by atoms with Gasteiger partial charge in [-0.1, -0.05) is 123 Å². The maximum Gasteiger partial charge on any atom is 0.343 e. The fourth-order valence-corrected chi connectivity index (χ4v) is 14.3. The van der Waals surface area contributed by atoms with E-state index in [-0.39, 0.29) is 23.1 Å². The zero-order chi connectivity index (χ0) is 42.4. The number of benzene rings is 7. The van der Waals surface area contributed by atoms with Gasteiger partial charge in [0.2, 0.25) is 0 Å². The largest absolute Gasteiger partial charge is 0.376 e. The smallest absolute Gasteiger partial charge is 0.343 e. The van der Waals surface area contributed by atoms with Gasteiger partial charge < -0.3 is 9.38 Å². The summed E-state index contributed by atoms with van der Waals surface area (Å²) in [6, 6.07) is 47.9. The number of rotatable bonds is 1. The van der Waals surface area contributed by atoms with Crippen molar-refractivity contribution < 1.29 is 0 Å². The highest BCUT2D eigenvalue weighted by Crippen LogP contribution is 2.51. The normalized spacial score (nSPS) is 14.1. The Morgan fingerprint density at radius 2 is 1.05 bits per heavy atom. The summed E-state index contributed by atoms with van der Waals surface area (Å²) in [5, 5.41) is 9.40. The number of anilines is 2. The molecule has 7 aromatic carbocycles.